The van der Waals surface area contributed by atoms with Gasteiger partial charge in [0, 0.05) is 16.8 Å². The van der Waals surface area contributed by atoms with Crippen molar-refractivity contribution >= 4 is 21.4 Å². The largest absolute Gasteiger partial charge is 0.391 e. The van der Waals surface area contributed by atoms with Crippen molar-refractivity contribution in [1.29, 1.82) is 0 Å². The maximum atomic E-state index is 12.1. The normalized spacial score (nSPS) is 24.5. The van der Waals surface area contributed by atoms with E-state index in [-0.39, 0.29) is 11.5 Å². The standard InChI is InChI=1S/C13H21NO3S2/c1-10-4-2-3-5-11(10)7-14-19(16,17)13-6-12(8-15)18-9-13/h6,9-11,14-15H,2-5,7-8H2,1H3. The first-order chi connectivity index (χ1) is 9.03. The number of hydrogen-bond donors (Lipinski definition) is 2. The molecule has 4 nitrogen and oxygen atoms in total. The molecule has 2 atom stereocenters. The molecule has 1 heterocycles. The summed E-state index contributed by atoms with van der Waals surface area (Å²) in [5.41, 5.74) is 0. The zero-order valence-corrected chi connectivity index (χ0v) is 12.8. The van der Waals surface area contributed by atoms with Crippen LogP contribution in [-0.2, 0) is 16.6 Å². The first-order valence-electron chi connectivity index (χ1n) is 6.71. The lowest BCUT2D eigenvalue weighted by molar-refractivity contribution is 0.257. The Hall–Kier alpha value is -0.430. The Morgan fingerprint density at radius 2 is 2.16 bits per heavy atom. The van der Waals surface area contributed by atoms with Gasteiger partial charge in [0.25, 0.3) is 0 Å². The van der Waals surface area contributed by atoms with Crippen molar-refractivity contribution in [3.05, 3.63) is 16.3 Å². The molecule has 2 N–H and O–H groups in total. The van der Waals surface area contributed by atoms with Crippen molar-refractivity contribution in [3.63, 3.8) is 0 Å². The fourth-order valence-electron chi connectivity index (χ4n) is 2.58. The Labute approximate surface area is 118 Å². The number of sulfonamides is 1. The molecule has 19 heavy (non-hydrogen) atoms. The highest BCUT2D eigenvalue weighted by atomic mass is 32.2. The molecule has 2 rings (SSSR count). The number of rotatable bonds is 5. The van der Waals surface area contributed by atoms with Crippen LogP contribution in [0.2, 0.25) is 0 Å². The van der Waals surface area contributed by atoms with Crippen LogP contribution in [0.4, 0.5) is 0 Å². The van der Waals surface area contributed by atoms with Crippen LogP contribution >= 0.6 is 11.3 Å². The SMILES string of the molecule is CC1CCCCC1CNS(=O)(=O)c1csc(CO)c1. The van der Waals surface area contributed by atoms with Crippen molar-refractivity contribution in [1.82, 2.24) is 4.72 Å². The Kier molecular flexibility index (Phi) is 5.00. The van der Waals surface area contributed by atoms with E-state index < -0.39 is 10.0 Å². The molecular formula is C13H21NO3S2. The van der Waals surface area contributed by atoms with Gasteiger partial charge in [-0.05, 0) is 24.3 Å². The van der Waals surface area contributed by atoms with Crippen molar-refractivity contribution < 1.29 is 13.5 Å². The molecule has 0 saturated heterocycles. The van der Waals surface area contributed by atoms with Crippen LogP contribution in [0.25, 0.3) is 0 Å². The third-order valence-corrected chi connectivity index (χ3v) is 6.39. The third-order valence-electron chi connectivity index (χ3n) is 3.92. The summed E-state index contributed by atoms with van der Waals surface area (Å²) in [7, 11) is -3.42. The van der Waals surface area contributed by atoms with Crippen molar-refractivity contribution in [3.8, 4) is 0 Å². The van der Waals surface area contributed by atoms with Crippen LogP contribution in [0.15, 0.2) is 16.3 Å². The van der Waals surface area contributed by atoms with E-state index in [0.29, 0.717) is 23.3 Å². The van der Waals surface area contributed by atoms with Crippen molar-refractivity contribution in [2.75, 3.05) is 6.54 Å². The number of aliphatic hydroxyl groups is 1. The summed E-state index contributed by atoms with van der Waals surface area (Å²) in [6, 6.07) is 1.54. The summed E-state index contributed by atoms with van der Waals surface area (Å²) >= 11 is 1.27. The summed E-state index contributed by atoms with van der Waals surface area (Å²) in [6.45, 7) is 2.61. The van der Waals surface area contributed by atoms with Gasteiger partial charge in [-0.15, -0.1) is 11.3 Å². The molecule has 2 unspecified atom stereocenters. The first kappa shape index (κ1) is 15.0. The monoisotopic (exact) mass is 303 g/mol. The predicted octanol–water partition coefficient (Wildman–Crippen LogP) is 2.35. The Balaban J connectivity index is 1.97. The zero-order valence-electron chi connectivity index (χ0n) is 11.1. The molecule has 0 amide bonds. The highest BCUT2D eigenvalue weighted by Crippen LogP contribution is 2.29. The van der Waals surface area contributed by atoms with E-state index in [9.17, 15) is 8.42 Å². The van der Waals surface area contributed by atoms with Crippen LogP contribution < -0.4 is 4.72 Å². The number of nitrogens with one attached hydrogen (secondary N) is 1. The highest BCUT2D eigenvalue weighted by molar-refractivity contribution is 7.89. The zero-order chi connectivity index (χ0) is 13.9. The predicted molar refractivity (Wildman–Crippen MR) is 76.6 cm³/mol. The number of aliphatic hydroxyl groups excluding tert-OH is 1. The molecule has 1 aromatic heterocycles. The molecule has 108 valence electrons. The van der Waals surface area contributed by atoms with Gasteiger partial charge in [0.2, 0.25) is 10.0 Å². The van der Waals surface area contributed by atoms with E-state index in [1.54, 1.807) is 5.38 Å². The molecule has 1 saturated carbocycles. The van der Waals surface area contributed by atoms with E-state index in [2.05, 4.69) is 11.6 Å². The smallest absolute Gasteiger partial charge is 0.241 e. The summed E-state index contributed by atoms with van der Waals surface area (Å²) in [6.07, 6.45) is 4.76. The maximum absolute atomic E-state index is 12.1. The van der Waals surface area contributed by atoms with Crippen LogP contribution in [-0.4, -0.2) is 20.1 Å². The third kappa shape index (κ3) is 3.78. The average Bonchev–Trinajstić information content (AvgIpc) is 2.87. The van der Waals surface area contributed by atoms with Crippen LogP contribution in [0.1, 0.15) is 37.5 Å². The molecule has 0 radical (unpaired) electrons. The summed E-state index contributed by atoms with van der Waals surface area (Å²) in [4.78, 5) is 0.941. The lowest BCUT2D eigenvalue weighted by Gasteiger charge is -2.28. The lowest BCUT2D eigenvalue weighted by atomic mass is 9.81. The van der Waals surface area contributed by atoms with E-state index >= 15 is 0 Å². The van der Waals surface area contributed by atoms with Gasteiger partial charge in [0.05, 0.1) is 11.5 Å². The molecule has 1 aliphatic carbocycles. The summed E-state index contributed by atoms with van der Waals surface area (Å²) in [5, 5.41) is 10.6. The molecule has 0 bridgehead atoms. The first-order valence-corrected chi connectivity index (χ1v) is 9.07. The van der Waals surface area contributed by atoms with E-state index in [4.69, 9.17) is 5.11 Å². The number of thiophene rings is 1. The fourth-order valence-corrected chi connectivity index (χ4v) is 4.81. The molecule has 1 aromatic rings. The minimum Gasteiger partial charge on any atom is -0.391 e. The molecular weight excluding hydrogens is 282 g/mol. The van der Waals surface area contributed by atoms with Gasteiger partial charge in [0.15, 0.2) is 0 Å². The Morgan fingerprint density at radius 3 is 2.79 bits per heavy atom. The molecule has 0 aliphatic heterocycles. The van der Waals surface area contributed by atoms with Gasteiger partial charge in [-0.2, -0.15) is 0 Å². The van der Waals surface area contributed by atoms with Gasteiger partial charge in [-0.3, -0.25) is 0 Å². The molecule has 0 spiro atoms. The molecule has 0 aromatic carbocycles. The van der Waals surface area contributed by atoms with E-state index in [1.807, 2.05) is 0 Å². The summed E-state index contributed by atoms with van der Waals surface area (Å²) in [5.74, 6) is 1.03. The Morgan fingerprint density at radius 1 is 1.42 bits per heavy atom. The van der Waals surface area contributed by atoms with Crippen molar-refractivity contribution in [2.24, 2.45) is 11.8 Å². The Bertz CT molecular complexity index is 510. The topological polar surface area (TPSA) is 66.4 Å². The number of hydrogen-bond acceptors (Lipinski definition) is 4. The minimum absolute atomic E-state index is 0.111. The second-order valence-corrected chi connectivity index (χ2v) is 8.04. The molecule has 1 fully saturated rings. The van der Waals surface area contributed by atoms with Gasteiger partial charge < -0.3 is 5.11 Å². The fraction of sp³-hybridized carbons (Fsp3) is 0.692. The lowest BCUT2D eigenvalue weighted by Crippen LogP contribution is -2.33. The van der Waals surface area contributed by atoms with Crippen LogP contribution in [0, 0.1) is 11.8 Å². The minimum atomic E-state index is -3.42. The van der Waals surface area contributed by atoms with Gasteiger partial charge in [0.1, 0.15) is 0 Å². The van der Waals surface area contributed by atoms with E-state index in [1.165, 1.54) is 36.7 Å². The van der Waals surface area contributed by atoms with Crippen LogP contribution in [0.5, 0.6) is 0 Å². The van der Waals surface area contributed by atoms with E-state index in [0.717, 1.165) is 6.42 Å². The second kappa shape index (κ2) is 6.35. The quantitative estimate of drug-likeness (QED) is 0.877. The molecule has 6 heteroatoms. The van der Waals surface area contributed by atoms with Gasteiger partial charge in [-0.1, -0.05) is 26.2 Å². The summed E-state index contributed by atoms with van der Waals surface area (Å²) < 4.78 is 27.0. The molecule has 1 aliphatic rings. The average molecular weight is 303 g/mol. The second-order valence-electron chi connectivity index (χ2n) is 5.28. The van der Waals surface area contributed by atoms with Gasteiger partial charge in [-0.25, -0.2) is 13.1 Å². The van der Waals surface area contributed by atoms with Crippen molar-refractivity contribution in [2.45, 2.75) is 44.1 Å². The van der Waals surface area contributed by atoms with Gasteiger partial charge >= 0.3 is 0 Å². The highest BCUT2D eigenvalue weighted by Gasteiger charge is 2.24. The van der Waals surface area contributed by atoms with Crippen LogP contribution in [0.3, 0.4) is 0 Å². The maximum Gasteiger partial charge on any atom is 0.241 e.